The van der Waals surface area contributed by atoms with Gasteiger partial charge in [-0.05, 0) is 66.7 Å². The van der Waals surface area contributed by atoms with E-state index >= 15 is 0 Å². The van der Waals surface area contributed by atoms with E-state index in [9.17, 15) is 4.79 Å². The number of carbonyl (C=O) groups excluding carboxylic acids is 1. The van der Waals surface area contributed by atoms with Crippen LogP contribution in [0.4, 0.5) is 0 Å². The lowest BCUT2D eigenvalue weighted by atomic mass is 10.2. The van der Waals surface area contributed by atoms with Crippen molar-refractivity contribution in [1.29, 1.82) is 0 Å². The van der Waals surface area contributed by atoms with Crippen LogP contribution in [0.2, 0.25) is 20.1 Å². The topological polar surface area (TPSA) is 43.4 Å². The third kappa shape index (κ3) is 4.50. The summed E-state index contributed by atoms with van der Waals surface area (Å²) in [5, 5.41) is 1.80. The highest BCUT2D eigenvalue weighted by Gasteiger charge is 2.14. The van der Waals surface area contributed by atoms with E-state index in [0.29, 0.717) is 42.9 Å². The molecule has 0 aliphatic rings. The van der Waals surface area contributed by atoms with Gasteiger partial charge in [0, 0.05) is 21.2 Å². The van der Waals surface area contributed by atoms with Crippen LogP contribution in [0.3, 0.4) is 0 Å². The molecule has 0 atom stereocenters. The van der Waals surface area contributed by atoms with Crippen molar-refractivity contribution in [2.24, 2.45) is 0 Å². The summed E-state index contributed by atoms with van der Waals surface area (Å²) in [5.41, 5.74) is 1.36. The highest BCUT2D eigenvalue weighted by atomic mass is 35.5. The predicted octanol–water partition coefficient (Wildman–Crippen LogP) is 8.72. The Morgan fingerprint density at radius 2 is 1.53 bits per heavy atom. The predicted molar refractivity (Wildman–Crippen MR) is 122 cm³/mol. The van der Waals surface area contributed by atoms with Gasteiger partial charge >= 0.3 is 0 Å². The normalized spacial score (nSPS) is 11.3. The lowest BCUT2D eigenvalue weighted by Gasteiger charge is -2.02. The van der Waals surface area contributed by atoms with Crippen LogP contribution in [-0.2, 0) is 0 Å². The molecule has 0 spiro atoms. The van der Waals surface area contributed by atoms with Gasteiger partial charge in [0.2, 0.25) is 5.78 Å². The largest absolute Gasteiger partial charge is 0.457 e. The zero-order valence-corrected chi connectivity index (χ0v) is 18.2. The lowest BCUT2D eigenvalue weighted by Crippen LogP contribution is -1.90. The molecule has 0 bridgehead atoms. The molecule has 0 aliphatic carbocycles. The van der Waals surface area contributed by atoms with Gasteiger partial charge in [-0.25, -0.2) is 0 Å². The molecule has 0 saturated carbocycles. The van der Waals surface area contributed by atoms with Crippen LogP contribution in [0.15, 0.2) is 75.6 Å². The summed E-state index contributed by atoms with van der Waals surface area (Å²) in [6.45, 7) is 0. The highest BCUT2D eigenvalue weighted by Crippen LogP contribution is 2.34. The summed E-state index contributed by atoms with van der Waals surface area (Å²) in [6, 6.07) is 17.1. The van der Waals surface area contributed by atoms with Gasteiger partial charge in [-0.3, -0.25) is 4.79 Å². The summed E-state index contributed by atoms with van der Waals surface area (Å²) in [6.07, 6.45) is 2.93. The average molecular weight is 478 g/mol. The maximum absolute atomic E-state index is 12.5. The number of allylic oxidation sites excluding steroid dienone is 1. The van der Waals surface area contributed by atoms with Crippen molar-refractivity contribution < 1.29 is 13.6 Å². The van der Waals surface area contributed by atoms with Crippen molar-refractivity contribution in [3.05, 3.63) is 98.4 Å². The maximum atomic E-state index is 12.5. The summed E-state index contributed by atoms with van der Waals surface area (Å²) in [4.78, 5) is 12.5. The smallest absolute Gasteiger partial charge is 0.221 e. The van der Waals surface area contributed by atoms with Crippen LogP contribution in [0.5, 0.6) is 0 Å². The first-order chi connectivity index (χ1) is 14.4. The summed E-state index contributed by atoms with van der Waals surface area (Å²) >= 11 is 24.3. The minimum absolute atomic E-state index is 0.172. The summed E-state index contributed by atoms with van der Waals surface area (Å²) in [5.74, 6) is 1.40. The molecule has 7 heteroatoms. The first kappa shape index (κ1) is 20.8. The maximum Gasteiger partial charge on any atom is 0.221 e. The Bertz CT molecular complexity index is 1250. The van der Waals surface area contributed by atoms with Crippen LogP contribution >= 0.6 is 46.4 Å². The monoisotopic (exact) mass is 476 g/mol. The van der Waals surface area contributed by atoms with Gasteiger partial charge in [0.15, 0.2) is 5.76 Å². The number of carbonyl (C=O) groups is 1. The van der Waals surface area contributed by atoms with Crippen LogP contribution < -0.4 is 0 Å². The number of rotatable bonds is 5. The highest BCUT2D eigenvalue weighted by molar-refractivity contribution is 6.43. The van der Waals surface area contributed by atoms with Gasteiger partial charge in [-0.2, -0.15) is 0 Å². The molecule has 150 valence electrons. The second-order valence-corrected chi connectivity index (χ2v) is 7.98. The lowest BCUT2D eigenvalue weighted by molar-refractivity contribution is 0.102. The fraction of sp³-hybridized carbons (Fsp3) is 0. The molecule has 0 saturated heterocycles. The molecule has 0 unspecified atom stereocenters. The van der Waals surface area contributed by atoms with E-state index in [1.165, 1.54) is 6.08 Å². The van der Waals surface area contributed by atoms with Crippen LogP contribution in [0.25, 0.3) is 28.7 Å². The molecule has 4 rings (SSSR count). The Kier molecular flexibility index (Phi) is 6.07. The van der Waals surface area contributed by atoms with Crippen LogP contribution in [-0.4, -0.2) is 5.78 Å². The van der Waals surface area contributed by atoms with Crippen molar-refractivity contribution in [3.63, 3.8) is 0 Å². The Morgan fingerprint density at radius 1 is 0.800 bits per heavy atom. The molecule has 0 aliphatic heterocycles. The first-order valence-electron chi connectivity index (χ1n) is 8.73. The number of hydrogen-bond acceptors (Lipinski definition) is 3. The average Bonchev–Trinajstić information content (AvgIpc) is 3.37. The van der Waals surface area contributed by atoms with Crippen molar-refractivity contribution in [3.8, 4) is 22.6 Å². The standard InChI is InChI=1S/C23H12Cl4O3/c24-14-10-13(11-15(25)12-14)20-7-5-16(29-20)4-6-19(28)22-9-8-21(30-22)17-2-1-3-18(26)23(17)27/h1-12H. The Morgan fingerprint density at radius 3 is 2.30 bits per heavy atom. The number of hydrogen-bond donors (Lipinski definition) is 0. The Labute approximate surface area is 192 Å². The van der Waals surface area contributed by atoms with E-state index in [0.717, 1.165) is 5.56 Å². The van der Waals surface area contributed by atoms with E-state index in [4.69, 9.17) is 55.2 Å². The fourth-order valence-electron chi connectivity index (χ4n) is 2.84. The molecular formula is C23H12Cl4O3. The molecule has 0 amide bonds. The quantitative estimate of drug-likeness (QED) is 0.213. The van der Waals surface area contributed by atoms with Gasteiger partial charge < -0.3 is 8.83 Å². The van der Waals surface area contributed by atoms with Gasteiger partial charge in [-0.15, -0.1) is 0 Å². The number of ketones is 1. The van der Waals surface area contributed by atoms with E-state index in [1.807, 2.05) is 0 Å². The molecule has 2 aromatic carbocycles. The molecular weight excluding hydrogens is 466 g/mol. The first-order valence-corrected chi connectivity index (χ1v) is 10.2. The van der Waals surface area contributed by atoms with Crippen molar-refractivity contribution in [2.45, 2.75) is 0 Å². The summed E-state index contributed by atoms with van der Waals surface area (Å²) < 4.78 is 11.4. The van der Waals surface area contributed by atoms with Crippen LogP contribution in [0, 0.1) is 0 Å². The number of furan rings is 2. The van der Waals surface area contributed by atoms with Gasteiger partial charge in [-0.1, -0.05) is 52.5 Å². The van der Waals surface area contributed by atoms with Gasteiger partial charge in [0.25, 0.3) is 0 Å². The van der Waals surface area contributed by atoms with E-state index in [-0.39, 0.29) is 11.5 Å². The Hall–Kier alpha value is -2.43. The second-order valence-electron chi connectivity index (χ2n) is 6.32. The van der Waals surface area contributed by atoms with Crippen molar-refractivity contribution in [1.82, 2.24) is 0 Å². The van der Waals surface area contributed by atoms with Crippen molar-refractivity contribution >= 4 is 58.3 Å². The molecule has 3 nitrogen and oxygen atoms in total. The minimum Gasteiger partial charge on any atom is -0.457 e. The van der Waals surface area contributed by atoms with E-state index in [2.05, 4.69) is 0 Å². The zero-order chi connectivity index (χ0) is 21.3. The van der Waals surface area contributed by atoms with E-state index in [1.54, 1.807) is 66.7 Å². The van der Waals surface area contributed by atoms with Gasteiger partial charge in [0.1, 0.15) is 17.3 Å². The second kappa shape index (κ2) is 8.75. The number of halogens is 4. The van der Waals surface area contributed by atoms with Gasteiger partial charge in [0.05, 0.1) is 10.0 Å². The molecule has 4 aromatic rings. The minimum atomic E-state index is -0.317. The SMILES string of the molecule is O=C(C=Cc1ccc(-c2cc(Cl)cc(Cl)c2)o1)c1ccc(-c2cccc(Cl)c2Cl)o1. The molecule has 2 heterocycles. The Balaban J connectivity index is 1.52. The molecule has 0 fully saturated rings. The summed E-state index contributed by atoms with van der Waals surface area (Å²) in [7, 11) is 0. The third-order valence-electron chi connectivity index (χ3n) is 4.24. The van der Waals surface area contributed by atoms with Crippen molar-refractivity contribution in [2.75, 3.05) is 0 Å². The third-order valence-corrected chi connectivity index (χ3v) is 5.49. The van der Waals surface area contributed by atoms with Crippen LogP contribution in [0.1, 0.15) is 16.3 Å². The molecule has 0 radical (unpaired) electrons. The molecule has 2 aromatic heterocycles. The molecule has 30 heavy (non-hydrogen) atoms. The molecule has 0 N–H and O–H groups in total. The fourth-order valence-corrected chi connectivity index (χ4v) is 3.76. The van der Waals surface area contributed by atoms with E-state index < -0.39 is 0 Å². The zero-order valence-electron chi connectivity index (χ0n) is 15.2. The number of benzene rings is 2.